The topological polar surface area (TPSA) is 59.0 Å². The molecule has 0 atom stereocenters. The number of benzene rings is 1. The Kier molecular flexibility index (Phi) is 8.06. The van der Waals surface area contributed by atoms with Gasteiger partial charge < -0.3 is 19.5 Å². The molecule has 5 heteroatoms. The van der Waals surface area contributed by atoms with Gasteiger partial charge in [-0.15, -0.1) is 0 Å². The lowest BCUT2D eigenvalue weighted by Crippen LogP contribution is -2.34. The summed E-state index contributed by atoms with van der Waals surface area (Å²) >= 11 is 0. The van der Waals surface area contributed by atoms with Gasteiger partial charge in [-0.25, -0.2) is 0 Å². The number of rotatable bonds is 8. The third kappa shape index (κ3) is 5.92. The Morgan fingerprint density at radius 1 is 1.16 bits per heavy atom. The van der Waals surface area contributed by atoms with Gasteiger partial charge in [-0.05, 0) is 37.0 Å². The zero-order valence-electron chi connectivity index (χ0n) is 15.5. The van der Waals surface area contributed by atoms with E-state index in [0.717, 1.165) is 29.9 Å². The molecular formula is C20H31NO4. The first kappa shape index (κ1) is 19.6. The minimum Gasteiger partial charge on any atom is -0.497 e. The van der Waals surface area contributed by atoms with E-state index in [1.54, 1.807) is 19.1 Å². The predicted molar refractivity (Wildman–Crippen MR) is 97.9 cm³/mol. The molecule has 0 spiro atoms. The van der Waals surface area contributed by atoms with Gasteiger partial charge in [0.25, 0.3) is 0 Å². The van der Waals surface area contributed by atoms with E-state index < -0.39 is 0 Å². The van der Waals surface area contributed by atoms with Crippen molar-refractivity contribution in [3.05, 3.63) is 23.8 Å². The summed E-state index contributed by atoms with van der Waals surface area (Å²) in [5, 5.41) is 9.39. The first-order chi connectivity index (χ1) is 12.2. The molecule has 2 rings (SSSR count). The van der Waals surface area contributed by atoms with Crippen LogP contribution in [0.4, 0.5) is 0 Å². The number of amides is 1. The van der Waals surface area contributed by atoms with Gasteiger partial charge >= 0.3 is 0 Å². The molecular weight excluding hydrogens is 318 g/mol. The highest BCUT2D eigenvalue weighted by molar-refractivity contribution is 5.76. The van der Waals surface area contributed by atoms with Crippen molar-refractivity contribution in [2.75, 3.05) is 27.4 Å². The Labute approximate surface area is 150 Å². The largest absolute Gasteiger partial charge is 0.497 e. The van der Waals surface area contributed by atoms with Crippen molar-refractivity contribution in [1.29, 1.82) is 0 Å². The van der Waals surface area contributed by atoms with Gasteiger partial charge in [-0.2, -0.15) is 0 Å². The van der Waals surface area contributed by atoms with E-state index in [9.17, 15) is 9.90 Å². The van der Waals surface area contributed by atoms with E-state index in [1.165, 1.54) is 25.7 Å². The van der Waals surface area contributed by atoms with Crippen molar-refractivity contribution >= 4 is 5.91 Å². The molecule has 0 aromatic heterocycles. The standard InChI is InChI=1S/C20H31NO4/c1-24-18-9-10-19(25-2)17(14-18)15-21(11-12-22)20(23)13-16-7-5-3-4-6-8-16/h9-10,14,16,22H,3-8,11-13,15H2,1-2H3. The van der Waals surface area contributed by atoms with Crippen LogP contribution in [0.5, 0.6) is 11.5 Å². The van der Waals surface area contributed by atoms with Crippen LogP contribution in [-0.4, -0.2) is 43.3 Å². The van der Waals surface area contributed by atoms with Crippen LogP contribution in [0.2, 0.25) is 0 Å². The molecule has 1 aromatic rings. The molecule has 0 saturated heterocycles. The van der Waals surface area contributed by atoms with E-state index in [1.807, 2.05) is 18.2 Å². The van der Waals surface area contributed by atoms with Crippen molar-refractivity contribution in [3.63, 3.8) is 0 Å². The van der Waals surface area contributed by atoms with Crippen molar-refractivity contribution in [1.82, 2.24) is 4.90 Å². The van der Waals surface area contributed by atoms with E-state index in [2.05, 4.69) is 0 Å². The Hall–Kier alpha value is -1.75. The number of hydrogen-bond donors (Lipinski definition) is 1. The maximum Gasteiger partial charge on any atom is 0.223 e. The van der Waals surface area contributed by atoms with Crippen molar-refractivity contribution in [3.8, 4) is 11.5 Å². The smallest absolute Gasteiger partial charge is 0.223 e. The number of methoxy groups -OCH3 is 2. The van der Waals surface area contributed by atoms with Crippen molar-refractivity contribution in [2.45, 2.75) is 51.5 Å². The van der Waals surface area contributed by atoms with E-state index in [-0.39, 0.29) is 12.5 Å². The number of aliphatic hydroxyl groups is 1. The number of carbonyl (C=O) groups is 1. The van der Waals surface area contributed by atoms with Crippen LogP contribution in [0, 0.1) is 5.92 Å². The fraction of sp³-hybridized carbons (Fsp3) is 0.650. The molecule has 1 aliphatic carbocycles. The molecule has 0 radical (unpaired) electrons. The molecule has 0 bridgehead atoms. The number of carbonyl (C=O) groups excluding carboxylic acids is 1. The number of ether oxygens (including phenoxy) is 2. The van der Waals surface area contributed by atoms with Crippen molar-refractivity contribution < 1.29 is 19.4 Å². The third-order valence-electron chi connectivity index (χ3n) is 5.01. The lowest BCUT2D eigenvalue weighted by Gasteiger charge is -2.25. The first-order valence-electron chi connectivity index (χ1n) is 9.27. The highest BCUT2D eigenvalue weighted by atomic mass is 16.5. The van der Waals surface area contributed by atoms with Crippen LogP contribution in [-0.2, 0) is 11.3 Å². The summed E-state index contributed by atoms with van der Waals surface area (Å²) < 4.78 is 10.7. The summed E-state index contributed by atoms with van der Waals surface area (Å²) in [4.78, 5) is 14.6. The van der Waals surface area contributed by atoms with Gasteiger partial charge in [0, 0.05) is 25.1 Å². The predicted octanol–water partition coefficient (Wildman–Crippen LogP) is 3.39. The minimum absolute atomic E-state index is 0.0390. The van der Waals surface area contributed by atoms with Gasteiger partial charge in [-0.3, -0.25) is 4.79 Å². The molecule has 1 fully saturated rings. The van der Waals surface area contributed by atoms with Crippen LogP contribution in [0.3, 0.4) is 0 Å². The zero-order chi connectivity index (χ0) is 18.1. The lowest BCUT2D eigenvalue weighted by molar-refractivity contribution is -0.133. The molecule has 5 nitrogen and oxygen atoms in total. The Bertz CT molecular complexity index is 538. The Morgan fingerprint density at radius 3 is 2.48 bits per heavy atom. The van der Waals surface area contributed by atoms with Gasteiger partial charge in [0.2, 0.25) is 5.91 Å². The van der Waals surface area contributed by atoms with Gasteiger partial charge in [0.1, 0.15) is 11.5 Å². The molecule has 0 aliphatic heterocycles. The summed E-state index contributed by atoms with van der Waals surface area (Å²) in [5.41, 5.74) is 0.893. The summed E-state index contributed by atoms with van der Waals surface area (Å²) in [6.07, 6.45) is 7.87. The van der Waals surface area contributed by atoms with Gasteiger partial charge in [0.15, 0.2) is 0 Å². The summed E-state index contributed by atoms with van der Waals surface area (Å²) in [6, 6.07) is 5.58. The van der Waals surface area contributed by atoms with E-state index in [4.69, 9.17) is 9.47 Å². The molecule has 25 heavy (non-hydrogen) atoms. The average Bonchev–Trinajstić information content (AvgIpc) is 2.89. The Balaban J connectivity index is 2.07. The third-order valence-corrected chi connectivity index (χ3v) is 5.01. The summed E-state index contributed by atoms with van der Waals surface area (Å²) in [6.45, 7) is 0.723. The summed E-state index contributed by atoms with van der Waals surface area (Å²) in [7, 11) is 3.24. The van der Waals surface area contributed by atoms with Crippen LogP contribution in [0.25, 0.3) is 0 Å². The number of hydrogen-bond acceptors (Lipinski definition) is 4. The molecule has 0 unspecified atom stereocenters. The maximum absolute atomic E-state index is 12.8. The second-order valence-corrected chi connectivity index (χ2v) is 6.78. The van der Waals surface area contributed by atoms with Crippen LogP contribution in [0.1, 0.15) is 50.5 Å². The Morgan fingerprint density at radius 2 is 1.88 bits per heavy atom. The molecule has 1 aliphatic rings. The fourth-order valence-electron chi connectivity index (χ4n) is 3.57. The second-order valence-electron chi connectivity index (χ2n) is 6.78. The highest BCUT2D eigenvalue weighted by Crippen LogP contribution is 2.28. The second kappa shape index (κ2) is 10.3. The van der Waals surface area contributed by atoms with Crippen molar-refractivity contribution in [2.24, 2.45) is 5.92 Å². The quantitative estimate of drug-likeness (QED) is 0.731. The normalized spacial score (nSPS) is 15.5. The first-order valence-corrected chi connectivity index (χ1v) is 9.27. The van der Waals surface area contributed by atoms with E-state index >= 15 is 0 Å². The maximum atomic E-state index is 12.8. The highest BCUT2D eigenvalue weighted by Gasteiger charge is 2.21. The monoisotopic (exact) mass is 349 g/mol. The fourth-order valence-corrected chi connectivity index (χ4v) is 3.57. The van der Waals surface area contributed by atoms with E-state index in [0.29, 0.717) is 25.4 Å². The van der Waals surface area contributed by atoms with Gasteiger partial charge in [-0.1, -0.05) is 25.7 Å². The number of aliphatic hydroxyl groups excluding tert-OH is 1. The van der Waals surface area contributed by atoms with Crippen LogP contribution in [0.15, 0.2) is 18.2 Å². The molecule has 1 aromatic carbocycles. The minimum atomic E-state index is -0.0390. The summed E-state index contributed by atoms with van der Waals surface area (Å²) in [5.74, 6) is 2.05. The average molecular weight is 349 g/mol. The number of nitrogens with zero attached hydrogens (tertiary/aromatic N) is 1. The molecule has 1 amide bonds. The zero-order valence-corrected chi connectivity index (χ0v) is 15.5. The van der Waals surface area contributed by atoms with Crippen LogP contribution < -0.4 is 9.47 Å². The molecule has 0 heterocycles. The molecule has 140 valence electrons. The van der Waals surface area contributed by atoms with Gasteiger partial charge in [0.05, 0.1) is 20.8 Å². The lowest BCUT2D eigenvalue weighted by atomic mass is 9.96. The SMILES string of the molecule is COc1ccc(OC)c(CN(CCO)C(=O)CC2CCCCCC2)c1. The molecule has 1 N–H and O–H groups in total. The van der Waals surface area contributed by atoms with Crippen LogP contribution >= 0.6 is 0 Å². The molecule has 1 saturated carbocycles.